The van der Waals surface area contributed by atoms with Gasteiger partial charge in [0.15, 0.2) is 5.02 Å². The molecular weight excluding hydrogens is 224 g/mol. The van der Waals surface area contributed by atoms with Crippen LogP contribution in [0.3, 0.4) is 0 Å². The Hall–Kier alpha value is -1.63. The smallest absolute Gasteiger partial charge is 0.359 e. The van der Waals surface area contributed by atoms with Crippen LogP contribution in [0.2, 0.25) is 5.02 Å². The molecule has 0 atom stereocenters. The SMILES string of the molecule is CNC(=O)CCn1cc(Cl)c([N+](=O)[O-])n1. The maximum Gasteiger partial charge on any atom is 0.408 e. The van der Waals surface area contributed by atoms with Crippen LogP contribution in [0.5, 0.6) is 0 Å². The van der Waals surface area contributed by atoms with Crippen LogP contribution in [0.25, 0.3) is 0 Å². The Bertz CT molecular complexity index is 390. The molecule has 1 amide bonds. The molecule has 15 heavy (non-hydrogen) atoms. The van der Waals surface area contributed by atoms with E-state index < -0.39 is 10.7 Å². The molecule has 0 bridgehead atoms. The maximum atomic E-state index is 10.9. The van der Waals surface area contributed by atoms with Crippen molar-refractivity contribution in [2.24, 2.45) is 0 Å². The van der Waals surface area contributed by atoms with E-state index in [0.29, 0.717) is 0 Å². The van der Waals surface area contributed by atoms with Gasteiger partial charge in [-0.2, -0.15) is 4.68 Å². The van der Waals surface area contributed by atoms with Gasteiger partial charge in [-0.15, -0.1) is 0 Å². The molecular formula is C7H9ClN4O3. The second kappa shape index (κ2) is 4.74. The monoisotopic (exact) mass is 232 g/mol. The summed E-state index contributed by atoms with van der Waals surface area (Å²) in [4.78, 5) is 20.6. The standard InChI is InChI=1S/C7H9ClN4O3/c1-9-6(13)2-3-11-4-5(8)7(10-11)12(14)15/h4H,2-3H2,1H3,(H,9,13). The Kier molecular flexibility index (Phi) is 3.62. The number of hydrogen-bond acceptors (Lipinski definition) is 4. The van der Waals surface area contributed by atoms with E-state index in [9.17, 15) is 14.9 Å². The molecule has 0 spiro atoms. The van der Waals surface area contributed by atoms with Crippen LogP contribution < -0.4 is 5.32 Å². The number of halogens is 1. The topological polar surface area (TPSA) is 90.1 Å². The van der Waals surface area contributed by atoms with Crippen LogP contribution in [0.4, 0.5) is 5.82 Å². The van der Waals surface area contributed by atoms with Crippen LogP contribution in [0.1, 0.15) is 6.42 Å². The van der Waals surface area contributed by atoms with Gasteiger partial charge in [0, 0.05) is 13.5 Å². The van der Waals surface area contributed by atoms with Crippen molar-refractivity contribution < 1.29 is 9.72 Å². The van der Waals surface area contributed by atoms with Gasteiger partial charge < -0.3 is 15.4 Å². The largest absolute Gasteiger partial charge is 0.408 e. The van der Waals surface area contributed by atoms with Crippen molar-refractivity contribution in [2.75, 3.05) is 7.05 Å². The second-order valence-electron chi connectivity index (χ2n) is 2.74. The van der Waals surface area contributed by atoms with Crippen molar-refractivity contribution in [2.45, 2.75) is 13.0 Å². The summed E-state index contributed by atoms with van der Waals surface area (Å²) in [5.41, 5.74) is 0. The Morgan fingerprint density at radius 2 is 2.47 bits per heavy atom. The summed E-state index contributed by atoms with van der Waals surface area (Å²) in [7, 11) is 1.51. The number of nitrogens with zero attached hydrogens (tertiary/aromatic N) is 3. The Morgan fingerprint density at radius 3 is 2.93 bits per heavy atom. The molecule has 1 N–H and O–H groups in total. The fourth-order valence-corrected chi connectivity index (χ4v) is 1.19. The van der Waals surface area contributed by atoms with Gasteiger partial charge in [-0.3, -0.25) is 4.79 Å². The van der Waals surface area contributed by atoms with E-state index in [-0.39, 0.29) is 23.9 Å². The summed E-state index contributed by atoms with van der Waals surface area (Å²) >= 11 is 5.56. The third-order valence-electron chi connectivity index (χ3n) is 1.72. The fraction of sp³-hybridized carbons (Fsp3) is 0.429. The highest BCUT2D eigenvalue weighted by atomic mass is 35.5. The molecule has 0 aliphatic rings. The molecule has 0 radical (unpaired) electrons. The van der Waals surface area contributed by atoms with Crippen LogP contribution in [0.15, 0.2) is 6.20 Å². The van der Waals surface area contributed by atoms with E-state index in [1.165, 1.54) is 17.9 Å². The normalized spacial score (nSPS) is 10.0. The highest BCUT2D eigenvalue weighted by Gasteiger charge is 2.18. The zero-order valence-corrected chi connectivity index (χ0v) is 8.69. The lowest BCUT2D eigenvalue weighted by Crippen LogP contribution is -2.19. The predicted octanol–water partition coefficient (Wildman–Crippen LogP) is 0.581. The number of aromatic nitrogens is 2. The van der Waals surface area contributed by atoms with Gasteiger partial charge in [-0.05, 0) is 4.92 Å². The number of nitrogens with one attached hydrogen (secondary N) is 1. The van der Waals surface area contributed by atoms with Gasteiger partial charge in [0.1, 0.15) is 0 Å². The van der Waals surface area contributed by atoms with Crippen molar-refractivity contribution in [3.8, 4) is 0 Å². The third-order valence-corrected chi connectivity index (χ3v) is 1.99. The van der Waals surface area contributed by atoms with Gasteiger partial charge in [0.05, 0.1) is 17.8 Å². The molecule has 0 aromatic carbocycles. The van der Waals surface area contributed by atoms with Crippen LogP contribution in [0, 0.1) is 10.1 Å². The molecule has 0 unspecified atom stereocenters. The van der Waals surface area contributed by atoms with Crippen molar-refractivity contribution in [3.05, 3.63) is 21.3 Å². The van der Waals surface area contributed by atoms with Crippen molar-refractivity contribution in [1.29, 1.82) is 0 Å². The molecule has 1 aromatic rings. The summed E-state index contributed by atoms with van der Waals surface area (Å²) in [5, 5.41) is 16.4. The van der Waals surface area contributed by atoms with Crippen molar-refractivity contribution in [1.82, 2.24) is 15.1 Å². The molecule has 1 heterocycles. The number of rotatable bonds is 4. The quantitative estimate of drug-likeness (QED) is 0.607. The molecule has 1 rings (SSSR count). The van der Waals surface area contributed by atoms with E-state index in [1.807, 2.05) is 0 Å². The predicted molar refractivity (Wildman–Crippen MR) is 52.6 cm³/mol. The van der Waals surface area contributed by atoms with E-state index in [1.54, 1.807) is 0 Å². The molecule has 82 valence electrons. The molecule has 7 nitrogen and oxygen atoms in total. The highest BCUT2D eigenvalue weighted by molar-refractivity contribution is 6.32. The average Bonchev–Trinajstić information content (AvgIpc) is 2.56. The molecule has 1 aromatic heterocycles. The second-order valence-corrected chi connectivity index (χ2v) is 3.15. The number of aryl methyl sites for hydroxylation is 1. The van der Waals surface area contributed by atoms with E-state index in [4.69, 9.17) is 11.6 Å². The fourth-order valence-electron chi connectivity index (χ4n) is 0.966. The number of carbonyl (C=O) groups excluding carboxylic acids is 1. The van der Waals surface area contributed by atoms with E-state index >= 15 is 0 Å². The van der Waals surface area contributed by atoms with E-state index in [0.717, 1.165) is 0 Å². The minimum absolute atomic E-state index is 0.0306. The number of carbonyl (C=O) groups is 1. The van der Waals surface area contributed by atoms with Crippen molar-refractivity contribution in [3.63, 3.8) is 0 Å². The molecule has 0 fully saturated rings. The lowest BCUT2D eigenvalue weighted by atomic mass is 10.4. The number of hydrogen-bond donors (Lipinski definition) is 1. The number of amides is 1. The third kappa shape index (κ3) is 2.91. The minimum Gasteiger partial charge on any atom is -0.359 e. The van der Waals surface area contributed by atoms with Crippen LogP contribution in [-0.2, 0) is 11.3 Å². The Labute approximate surface area is 90.2 Å². The summed E-state index contributed by atoms with van der Waals surface area (Å²) in [6, 6.07) is 0. The maximum absolute atomic E-state index is 10.9. The zero-order chi connectivity index (χ0) is 11.4. The molecule has 8 heteroatoms. The van der Waals surface area contributed by atoms with Gasteiger partial charge in [0.2, 0.25) is 5.91 Å². The summed E-state index contributed by atoms with van der Waals surface area (Å²) in [6.07, 6.45) is 1.52. The van der Waals surface area contributed by atoms with Gasteiger partial charge >= 0.3 is 5.82 Å². The van der Waals surface area contributed by atoms with E-state index in [2.05, 4.69) is 10.4 Å². The number of nitro groups is 1. The average molecular weight is 233 g/mol. The van der Waals surface area contributed by atoms with Gasteiger partial charge in [-0.1, -0.05) is 11.6 Å². The molecule has 0 aliphatic carbocycles. The summed E-state index contributed by atoms with van der Waals surface area (Å²) in [6.45, 7) is 0.257. The lowest BCUT2D eigenvalue weighted by Gasteiger charge is -1.96. The molecule has 0 saturated carbocycles. The molecule has 0 aliphatic heterocycles. The summed E-state index contributed by atoms with van der Waals surface area (Å²) in [5.74, 6) is -0.558. The molecule has 0 saturated heterocycles. The first kappa shape index (κ1) is 11.4. The Morgan fingerprint density at radius 1 is 1.80 bits per heavy atom. The first-order valence-corrected chi connectivity index (χ1v) is 4.50. The van der Waals surface area contributed by atoms with Crippen LogP contribution in [-0.4, -0.2) is 27.7 Å². The highest BCUT2D eigenvalue weighted by Crippen LogP contribution is 2.21. The Balaban J connectivity index is 2.67. The van der Waals surface area contributed by atoms with Crippen LogP contribution >= 0.6 is 11.6 Å². The van der Waals surface area contributed by atoms with Gasteiger partial charge in [0.25, 0.3) is 0 Å². The lowest BCUT2D eigenvalue weighted by molar-refractivity contribution is -0.389. The van der Waals surface area contributed by atoms with Gasteiger partial charge in [-0.25, -0.2) is 0 Å². The zero-order valence-electron chi connectivity index (χ0n) is 7.94. The first-order valence-electron chi connectivity index (χ1n) is 4.12. The summed E-state index contributed by atoms with van der Waals surface area (Å²) < 4.78 is 1.27. The first-order chi connectivity index (χ1) is 7.04. The minimum atomic E-state index is -0.668. The van der Waals surface area contributed by atoms with Crippen molar-refractivity contribution >= 4 is 23.3 Å².